The summed E-state index contributed by atoms with van der Waals surface area (Å²) in [4.78, 5) is 36.0. The highest BCUT2D eigenvalue weighted by Crippen LogP contribution is 2.54. The van der Waals surface area contributed by atoms with Crippen LogP contribution in [0.4, 0.5) is 5.69 Å². The van der Waals surface area contributed by atoms with Crippen molar-refractivity contribution in [3.8, 4) is 17.4 Å². The Morgan fingerprint density at radius 1 is 1.07 bits per heavy atom. The lowest BCUT2D eigenvalue weighted by Gasteiger charge is -2.48. The number of anilines is 1. The lowest BCUT2D eigenvalue weighted by atomic mass is 9.79. The van der Waals surface area contributed by atoms with Crippen molar-refractivity contribution < 1.29 is 37.3 Å². The number of aliphatic hydroxyl groups is 1. The molecule has 3 atom stereocenters. The van der Waals surface area contributed by atoms with Gasteiger partial charge in [-0.25, -0.2) is 17.7 Å². The molecule has 1 unspecified atom stereocenters. The zero-order valence-corrected chi connectivity index (χ0v) is 26.4. The van der Waals surface area contributed by atoms with Crippen LogP contribution >= 0.6 is 11.6 Å². The number of likely N-dealkylation sites (tertiary alicyclic amines) is 1. The smallest absolute Gasteiger partial charge is 0.274 e. The Bertz CT molecular complexity index is 1720. The molecule has 3 heterocycles. The van der Waals surface area contributed by atoms with Gasteiger partial charge in [0.05, 0.1) is 39.2 Å². The number of carbonyl (C=O) groups excluding carboxylic acids is 2. The van der Waals surface area contributed by atoms with Crippen molar-refractivity contribution in [1.82, 2.24) is 14.8 Å². The van der Waals surface area contributed by atoms with Gasteiger partial charge in [0.15, 0.2) is 5.54 Å². The van der Waals surface area contributed by atoms with E-state index in [0.717, 1.165) is 4.31 Å². The molecule has 12 nitrogen and oxygen atoms in total. The third kappa shape index (κ3) is 4.84. The number of hydrogen-bond donors (Lipinski definition) is 1. The zero-order chi connectivity index (χ0) is 32.0. The number of likely N-dealkylation sites (N-methyl/N-ethyl adjacent to an activating group) is 1. The molecule has 2 amide bonds. The molecule has 0 saturated carbocycles. The molecule has 0 bridgehead atoms. The van der Waals surface area contributed by atoms with Gasteiger partial charge in [0.25, 0.3) is 15.9 Å². The summed E-state index contributed by atoms with van der Waals surface area (Å²) >= 11 is 6.54. The van der Waals surface area contributed by atoms with Crippen LogP contribution < -0.4 is 18.5 Å². The lowest BCUT2D eigenvalue weighted by Crippen LogP contribution is -2.64. The molecular formula is C30H33ClN4O8S. The molecular weight excluding hydrogens is 612 g/mol. The summed E-state index contributed by atoms with van der Waals surface area (Å²) in [5, 5.41) is 10.9. The van der Waals surface area contributed by atoms with Crippen LogP contribution in [0.2, 0.25) is 5.02 Å². The van der Waals surface area contributed by atoms with Gasteiger partial charge in [-0.3, -0.25) is 14.5 Å². The second-order valence-corrected chi connectivity index (χ2v) is 12.8. The fraction of sp³-hybridized carbons (Fsp3) is 0.367. The number of pyridine rings is 1. The van der Waals surface area contributed by atoms with Crippen molar-refractivity contribution in [2.45, 2.75) is 35.4 Å². The van der Waals surface area contributed by atoms with Crippen LogP contribution in [0.15, 0.2) is 59.6 Å². The second kappa shape index (κ2) is 11.9. The summed E-state index contributed by atoms with van der Waals surface area (Å²) in [5.74, 6) is -0.902. The third-order valence-corrected chi connectivity index (χ3v) is 10.0. The molecule has 44 heavy (non-hydrogen) atoms. The lowest BCUT2D eigenvalue weighted by molar-refractivity contribution is -0.145. The van der Waals surface area contributed by atoms with E-state index in [1.807, 2.05) is 0 Å². The topological polar surface area (TPSA) is 139 Å². The quantitative estimate of drug-likeness (QED) is 0.389. The van der Waals surface area contributed by atoms with E-state index in [-0.39, 0.29) is 63.7 Å². The molecule has 1 aromatic heterocycles. The predicted molar refractivity (Wildman–Crippen MR) is 162 cm³/mol. The van der Waals surface area contributed by atoms with Gasteiger partial charge < -0.3 is 24.2 Å². The normalized spacial score (nSPS) is 22.0. The van der Waals surface area contributed by atoms with Crippen molar-refractivity contribution in [2.75, 3.05) is 46.3 Å². The van der Waals surface area contributed by atoms with Gasteiger partial charge in [0, 0.05) is 49.1 Å². The number of ether oxygens (including phenoxy) is 3. The number of nitrogens with zero attached hydrogens (tertiary/aromatic N) is 4. The Kier molecular flexibility index (Phi) is 8.51. The molecule has 0 aliphatic carbocycles. The van der Waals surface area contributed by atoms with Crippen molar-refractivity contribution in [2.24, 2.45) is 0 Å². The number of rotatable bonds is 8. The first kappa shape index (κ1) is 31.5. The van der Waals surface area contributed by atoms with Gasteiger partial charge in [-0.15, -0.1) is 0 Å². The van der Waals surface area contributed by atoms with Crippen molar-refractivity contribution in [1.29, 1.82) is 0 Å². The van der Waals surface area contributed by atoms with Gasteiger partial charge in [-0.2, -0.15) is 0 Å². The van der Waals surface area contributed by atoms with Crippen LogP contribution in [0.3, 0.4) is 0 Å². The molecule has 2 aliphatic rings. The average Bonchev–Trinajstić information content (AvgIpc) is 3.28. The summed E-state index contributed by atoms with van der Waals surface area (Å²) in [6, 6.07) is 10.8. The Morgan fingerprint density at radius 2 is 1.82 bits per heavy atom. The van der Waals surface area contributed by atoms with E-state index < -0.39 is 33.6 Å². The van der Waals surface area contributed by atoms with Crippen LogP contribution in [0.25, 0.3) is 0 Å². The van der Waals surface area contributed by atoms with Gasteiger partial charge in [-0.05, 0) is 55.3 Å². The molecule has 0 radical (unpaired) electrons. The van der Waals surface area contributed by atoms with Crippen molar-refractivity contribution in [3.63, 3.8) is 0 Å². The van der Waals surface area contributed by atoms with Crippen LogP contribution in [0.5, 0.6) is 17.4 Å². The van der Waals surface area contributed by atoms with Crippen LogP contribution in [-0.2, 0) is 25.2 Å². The van der Waals surface area contributed by atoms with E-state index in [1.54, 1.807) is 31.1 Å². The Labute approximate surface area is 260 Å². The minimum atomic E-state index is -4.66. The number of methoxy groups -OCH3 is 3. The summed E-state index contributed by atoms with van der Waals surface area (Å²) < 4.78 is 46.2. The van der Waals surface area contributed by atoms with Crippen LogP contribution in [-0.4, -0.2) is 94.2 Å². The van der Waals surface area contributed by atoms with Crippen LogP contribution in [0.1, 0.15) is 24.0 Å². The number of piperidine rings is 1. The summed E-state index contributed by atoms with van der Waals surface area (Å²) in [6.07, 6.45) is 0.868. The highest BCUT2D eigenvalue weighted by Gasteiger charge is 2.63. The Morgan fingerprint density at radius 3 is 2.48 bits per heavy atom. The SMILES string of the molecule is COc1ccc(S(=O)(=O)N2C(=O)C(c3cccnc3OC)(N3CC[C@@H](O)C[C@H]3C(=O)N(C)C)c3cc(Cl)ccc32)c(OC)c1. The van der Waals surface area contributed by atoms with Crippen LogP contribution in [0, 0.1) is 0 Å². The summed E-state index contributed by atoms with van der Waals surface area (Å²) in [5.41, 5.74) is -1.50. The number of carbonyl (C=O) groups is 2. The average molecular weight is 645 g/mol. The van der Waals surface area contributed by atoms with E-state index >= 15 is 4.79 Å². The molecule has 1 fully saturated rings. The zero-order valence-electron chi connectivity index (χ0n) is 24.9. The highest BCUT2D eigenvalue weighted by atomic mass is 35.5. The fourth-order valence-corrected chi connectivity index (χ4v) is 7.85. The molecule has 5 rings (SSSR count). The Balaban J connectivity index is 1.86. The predicted octanol–water partition coefficient (Wildman–Crippen LogP) is 2.65. The number of hydrogen-bond acceptors (Lipinski definition) is 10. The molecule has 1 N–H and O–H groups in total. The highest BCUT2D eigenvalue weighted by molar-refractivity contribution is 7.93. The maximum atomic E-state index is 15.3. The molecule has 0 spiro atoms. The van der Waals surface area contributed by atoms with E-state index in [9.17, 15) is 18.3 Å². The van der Waals surface area contributed by atoms with Gasteiger partial charge in [0.1, 0.15) is 16.4 Å². The monoisotopic (exact) mass is 644 g/mol. The molecule has 1 saturated heterocycles. The number of fused-ring (bicyclic) bond motifs is 1. The molecule has 2 aromatic carbocycles. The molecule has 3 aromatic rings. The Hall–Kier alpha value is -3.91. The maximum absolute atomic E-state index is 15.3. The van der Waals surface area contributed by atoms with E-state index in [2.05, 4.69) is 4.98 Å². The number of sulfonamides is 1. The first-order chi connectivity index (χ1) is 20.9. The molecule has 14 heteroatoms. The largest absolute Gasteiger partial charge is 0.497 e. The first-order valence-corrected chi connectivity index (χ1v) is 15.5. The number of benzene rings is 2. The van der Waals surface area contributed by atoms with Gasteiger partial charge in [0.2, 0.25) is 11.8 Å². The molecule has 2 aliphatic heterocycles. The fourth-order valence-electron chi connectivity index (χ4n) is 6.07. The van der Waals surface area contributed by atoms with Crippen molar-refractivity contribution in [3.05, 3.63) is 70.9 Å². The maximum Gasteiger partial charge on any atom is 0.274 e. The summed E-state index contributed by atoms with van der Waals surface area (Å²) in [6.45, 7) is 0.0564. The third-order valence-electron chi connectivity index (χ3n) is 8.04. The van der Waals surface area contributed by atoms with E-state index in [0.29, 0.717) is 5.75 Å². The summed E-state index contributed by atoms with van der Waals surface area (Å²) in [7, 11) is 2.63. The second-order valence-electron chi connectivity index (χ2n) is 10.6. The number of halogens is 1. The van der Waals surface area contributed by atoms with Gasteiger partial charge >= 0.3 is 0 Å². The first-order valence-electron chi connectivity index (χ1n) is 13.7. The number of amides is 2. The minimum absolute atomic E-state index is 0.00354. The molecule has 234 valence electrons. The number of aliphatic hydroxyl groups excluding tert-OH is 1. The number of aromatic nitrogens is 1. The van der Waals surface area contributed by atoms with E-state index in [1.165, 1.54) is 68.8 Å². The standard InChI is InChI=1S/C30H33ClN4O8S/c1-33(2)28(37)24-16-19(36)12-14-34(24)30(21-7-6-13-32-27(21)43-5)22-15-18(31)8-10-23(22)35(29(30)38)44(39,40)26-11-9-20(41-3)17-25(26)42-4/h6-11,13,15,17,19,24,36H,12,14,16H2,1-5H3/t19-,24+,30?/m1/s1. The van der Waals surface area contributed by atoms with Gasteiger partial charge in [-0.1, -0.05) is 11.6 Å². The van der Waals surface area contributed by atoms with Crippen molar-refractivity contribution >= 4 is 39.1 Å². The minimum Gasteiger partial charge on any atom is -0.497 e. The van der Waals surface area contributed by atoms with E-state index in [4.69, 9.17) is 25.8 Å².